The summed E-state index contributed by atoms with van der Waals surface area (Å²) >= 11 is 0. The molecule has 7 nitrogen and oxygen atoms in total. The number of hydrogen-bond acceptors (Lipinski definition) is 5. The minimum absolute atomic E-state index is 0.104. The van der Waals surface area contributed by atoms with Gasteiger partial charge in [-0.25, -0.2) is 8.42 Å². The van der Waals surface area contributed by atoms with Crippen LogP contribution in [0.2, 0.25) is 0 Å². The van der Waals surface area contributed by atoms with Crippen LogP contribution < -0.4 is 14.4 Å². The number of nitrogens with one attached hydrogen (secondary N) is 1. The van der Waals surface area contributed by atoms with Crippen LogP contribution in [0, 0.1) is 0 Å². The molecule has 1 N–H and O–H groups in total. The molecule has 32 heavy (non-hydrogen) atoms. The van der Waals surface area contributed by atoms with Crippen LogP contribution in [0.5, 0.6) is 5.75 Å². The summed E-state index contributed by atoms with van der Waals surface area (Å²) in [6.45, 7) is 4.83. The first-order valence-corrected chi connectivity index (χ1v) is 12.7. The normalized spacial score (nSPS) is 15.1. The Morgan fingerprint density at radius 1 is 1.06 bits per heavy atom. The van der Waals surface area contributed by atoms with Gasteiger partial charge in [0.1, 0.15) is 5.75 Å². The zero-order valence-electron chi connectivity index (χ0n) is 18.9. The first-order chi connectivity index (χ1) is 15.5. The number of carbonyl (C=O) groups excluding carboxylic acids is 1. The molecule has 0 atom stereocenters. The summed E-state index contributed by atoms with van der Waals surface area (Å²) < 4.78 is 33.4. The Balaban J connectivity index is 1.76. The minimum Gasteiger partial charge on any atom is -0.495 e. The minimum atomic E-state index is -3.80. The van der Waals surface area contributed by atoms with Gasteiger partial charge in [0, 0.05) is 19.5 Å². The molecule has 1 fully saturated rings. The van der Waals surface area contributed by atoms with E-state index in [1.807, 2.05) is 6.07 Å². The summed E-state index contributed by atoms with van der Waals surface area (Å²) in [6.07, 6.45) is 5.19. The third-order valence-electron chi connectivity index (χ3n) is 5.72. The number of anilines is 2. The van der Waals surface area contributed by atoms with Gasteiger partial charge in [0.05, 0.1) is 23.4 Å². The van der Waals surface area contributed by atoms with Crippen molar-refractivity contribution in [3.05, 3.63) is 48.5 Å². The van der Waals surface area contributed by atoms with Crippen molar-refractivity contribution in [3.8, 4) is 5.75 Å². The maximum Gasteiger partial charge on any atom is 0.264 e. The van der Waals surface area contributed by atoms with Crippen molar-refractivity contribution >= 4 is 27.3 Å². The van der Waals surface area contributed by atoms with Crippen LogP contribution in [0.25, 0.3) is 0 Å². The Labute approximate surface area is 191 Å². The van der Waals surface area contributed by atoms with E-state index in [1.54, 1.807) is 37.3 Å². The first-order valence-electron chi connectivity index (χ1n) is 11.2. The van der Waals surface area contributed by atoms with Gasteiger partial charge in [-0.2, -0.15) is 0 Å². The third kappa shape index (κ3) is 6.01. The molecule has 1 amide bonds. The van der Waals surface area contributed by atoms with Crippen molar-refractivity contribution in [1.29, 1.82) is 0 Å². The second kappa shape index (κ2) is 11.3. The van der Waals surface area contributed by atoms with Crippen molar-refractivity contribution in [2.24, 2.45) is 0 Å². The van der Waals surface area contributed by atoms with E-state index in [2.05, 4.69) is 10.2 Å². The molecule has 8 heteroatoms. The largest absolute Gasteiger partial charge is 0.495 e. The van der Waals surface area contributed by atoms with Gasteiger partial charge in [0.15, 0.2) is 0 Å². The second-order valence-corrected chi connectivity index (χ2v) is 9.78. The Bertz CT molecular complexity index is 988. The topological polar surface area (TPSA) is 79.0 Å². The number of methoxy groups -OCH3 is 1. The number of rotatable bonds is 9. The van der Waals surface area contributed by atoms with Crippen molar-refractivity contribution in [3.63, 3.8) is 0 Å². The molecule has 1 saturated heterocycles. The van der Waals surface area contributed by atoms with E-state index in [0.29, 0.717) is 30.1 Å². The van der Waals surface area contributed by atoms with Gasteiger partial charge >= 0.3 is 0 Å². The molecule has 0 unspecified atom stereocenters. The second-order valence-electron chi connectivity index (χ2n) is 7.92. The average Bonchev–Trinajstić information content (AvgIpc) is 3.07. The fourth-order valence-electron chi connectivity index (χ4n) is 3.99. The van der Waals surface area contributed by atoms with Gasteiger partial charge in [-0.05, 0) is 63.2 Å². The summed E-state index contributed by atoms with van der Waals surface area (Å²) in [5.74, 6) is 0.271. The molecular formula is C24H33N3O4S. The van der Waals surface area contributed by atoms with Gasteiger partial charge in [0.2, 0.25) is 5.91 Å². The van der Waals surface area contributed by atoms with E-state index in [4.69, 9.17) is 4.74 Å². The Morgan fingerprint density at radius 2 is 1.75 bits per heavy atom. The van der Waals surface area contributed by atoms with Crippen LogP contribution >= 0.6 is 0 Å². The van der Waals surface area contributed by atoms with Crippen LogP contribution in [0.15, 0.2) is 53.4 Å². The lowest BCUT2D eigenvalue weighted by Crippen LogP contribution is -2.31. The van der Waals surface area contributed by atoms with E-state index in [1.165, 1.54) is 49.2 Å². The molecule has 0 aliphatic carbocycles. The first kappa shape index (κ1) is 24.1. The number of nitrogens with zero attached hydrogens (tertiary/aromatic N) is 2. The quantitative estimate of drug-likeness (QED) is 0.610. The van der Waals surface area contributed by atoms with E-state index < -0.39 is 10.0 Å². The Hall–Kier alpha value is -2.58. The van der Waals surface area contributed by atoms with E-state index in [9.17, 15) is 13.2 Å². The average molecular weight is 460 g/mol. The van der Waals surface area contributed by atoms with Crippen LogP contribution in [0.1, 0.15) is 39.0 Å². The monoisotopic (exact) mass is 459 g/mol. The van der Waals surface area contributed by atoms with E-state index >= 15 is 0 Å². The highest BCUT2D eigenvalue weighted by molar-refractivity contribution is 7.92. The lowest BCUT2D eigenvalue weighted by Gasteiger charge is -2.23. The number of likely N-dealkylation sites (tertiary alicyclic amines) is 1. The van der Waals surface area contributed by atoms with Gasteiger partial charge in [0.25, 0.3) is 10.0 Å². The molecule has 3 rings (SSSR count). The van der Waals surface area contributed by atoms with Gasteiger partial charge < -0.3 is 15.0 Å². The predicted octanol–water partition coefficient (Wildman–Crippen LogP) is 4.12. The van der Waals surface area contributed by atoms with E-state index in [0.717, 1.165) is 13.1 Å². The number of ether oxygens (including phenoxy) is 1. The molecule has 2 aromatic carbocycles. The number of para-hydroxylation sites is 1. The standard InChI is InChI=1S/C24H33N3O4S/c1-3-27(20-11-7-6-8-12-20)32(29,30)21-13-14-23(31-2)22(19-21)25-24(28)15-18-26-16-9-4-5-10-17-26/h6-8,11-14,19H,3-5,9-10,15-18H2,1-2H3,(H,25,28). The summed E-state index contributed by atoms with van der Waals surface area (Å²) in [5, 5.41) is 2.85. The van der Waals surface area contributed by atoms with Gasteiger partial charge in [-0.3, -0.25) is 9.10 Å². The van der Waals surface area contributed by atoms with Crippen LogP contribution in [0.3, 0.4) is 0 Å². The zero-order valence-corrected chi connectivity index (χ0v) is 19.7. The number of benzene rings is 2. The summed E-state index contributed by atoms with van der Waals surface area (Å²) in [7, 11) is -2.30. The maximum atomic E-state index is 13.3. The Kier molecular flexibility index (Phi) is 8.53. The van der Waals surface area contributed by atoms with Gasteiger partial charge in [-0.15, -0.1) is 0 Å². The number of hydrogen-bond donors (Lipinski definition) is 1. The smallest absolute Gasteiger partial charge is 0.264 e. The lowest BCUT2D eigenvalue weighted by molar-refractivity contribution is -0.116. The summed E-state index contributed by atoms with van der Waals surface area (Å²) in [6, 6.07) is 13.5. The molecule has 0 radical (unpaired) electrons. The molecule has 0 bridgehead atoms. The van der Waals surface area contributed by atoms with Crippen LogP contribution in [-0.2, 0) is 14.8 Å². The number of sulfonamides is 1. The summed E-state index contributed by atoms with van der Waals surface area (Å²) in [4.78, 5) is 15.1. The van der Waals surface area contributed by atoms with Crippen LogP contribution in [0.4, 0.5) is 11.4 Å². The Morgan fingerprint density at radius 3 is 2.38 bits per heavy atom. The third-order valence-corrected chi connectivity index (χ3v) is 7.62. The summed E-state index contributed by atoms with van der Waals surface area (Å²) in [5.41, 5.74) is 0.951. The highest BCUT2D eigenvalue weighted by Crippen LogP contribution is 2.31. The molecule has 0 spiro atoms. The highest BCUT2D eigenvalue weighted by Gasteiger charge is 2.25. The fourth-order valence-corrected chi connectivity index (χ4v) is 5.49. The lowest BCUT2D eigenvalue weighted by atomic mass is 10.2. The molecule has 2 aromatic rings. The van der Waals surface area contributed by atoms with Crippen LogP contribution in [-0.4, -0.2) is 52.5 Å². The number of carbonyl (C=O) groups is 1. The van der Waals surface area contributed by atoms with Crippen molar-refractivity contribution in [2.75, 3.05) is 42.9 Å². The maximum absolute atomic E-state index is 13.3. The van der Waals surface area contributed by atoms with Crippen molar-refractivity contribution in [1.82, 2.24) is 4.90 Å². The molecular weight excluding hydrogens is 426 g/mol. The molecule has 0 saturated carbocycles. The van der Waals surface area contributed by atoms with Gasteiger partial charge in [-0.1, -0.05) is 31.0 Å². The molecule has 1 aliphatic rings. The molecule has 1 heterocycles. The number of amides is 1. The fraction of sp³-hybridized carbons (Fsp3) is 0.458. The molecule has 174 valence electrons. The predicted molar refractivity (Wildman–Crippen MR) is 128 cm³/mol. The van der Waals surface area contributed by atoms with Crippen molar-refractivity contribution in [2.45, 2.75) is 43.9 Å². The molecule has 1 aliphatic heterocycles. The zero-order chi connectivity index (χ0) is 23.0. The van der Waals surface area contributed by atoms with E-state index in [-0.39, 0.29) is 17.3 Å². The highest BCUT2D eigenvalue weighted by atomic mass is 32.2. The van der Waals surface area contributed by atoms with Crippen molar-refractivity contribution < 1.29 is 17.9 Å². The SMILES string of the molecule is CCN(c1ccccc1)S(=O)(=O)c1ccc(OC)c(NC(=O)CCN2CCCCCC2)c1. The molecule has 0 aromatic heterocycles.